The van der Waals surface area contributed by atoms with Gasteiger partial charge in [0.2, 0.25) is 0 Å². The minimum Gasteiger partial charge on any atom is -0.313 e. The summed E-state index contributed by atoms with van der Waals surface area (Å²) in [4.78, 5) is 2.55. The number of nitrogens with one attached hydrogen (secondary N) is 1. The first-order chi connectivity index (χ1) is 8.38. The van der Waals surface area contributed by atoms with E-state index in [9.17, 15) is 0 Å². The fourth-order valence-electron chi connectivity index (χ4n) is 2.37. The number of nitrogens with zero attached hydrogens (tertiary/aromatic N) is 1. The van der Waals surface area contributed by atoms with Crippen molar-refractivity contribution in [2.45, 2.75) is 39.3 Å². The molecule has 0 aliphatic carbocycles. The lowest BCUT2D eigenvalue weighted by Crippen LogP contribution is -2.18. The van der Waals surface area contributed by atoms with Gasteiger partial charge in [0, 0.05) is 13.1 Å². The van der Waals surface area contributed by atoms with Gasteiger partial charge in [-0.1, -0.05) is 31.2 Å². The van der Waals surface area contributed by atoms with E-state index < -0.39 is 0 Å². The minimum absolute atomic E-state index is 0.998. The Hall–Kier alpha value is -0.860. The van der Waals surface area contributed by atoms with Gasteiger partial charge in [-0.3, -0.25) is 4.90 Å². The van der Waals surface area contributed by atoms with E-state index in [0.29, 0.717) is 0 Å². The second-order valence-electron chi connectivity index (χ2n) is 4.98. The molecule has 0 radical (unpaired) electrons. The number of likely N-dealkylation sites (tertiary alicyclic amines) is 1. The zero-order valence-corrected chi connectivity index (χ0v) is 10.9. The van der Waals surface area contributed by atoms with Crippen molar-refractivity contribution in [1.82, 2.24) is 10.2 Å². The third-order valence-corrected chi connectivity index (χ3v) is 3.38. The van der Waals surface area contributed by atoms with Gasteiger partial charge in [0.15, 0.2) is 0 Å². The van der Waals surface area contributed by atoms with Crippen molar-refractivity contribution in [3.05, 3.63) is 35.4 Å². The second kappa shape index (κ2) is 6.77. The largest absolute Gasteiger partial charge is 0.313 e. The molecule has 0 bridgehead atoms. The van der Waals surface area contributed by atoms with Crippen LogP contribution in [0.1, 0.15) is 37.3 Å². The van der Waals surface area contributed by atoms with Gasteiger partial charge in [0.25, 0.3) is 0 Å². The first kappa shape index (κ1) is 12.6. The molecule has 2 nitrogen and oxygen atoms in total. The minimum atomic E-state index is 0.998. The normalized spacial score (nSPS) is 16.5. The van der Waals surface area contributed by atoms with Crippen LogP contribution in [0.15, 0.2) is 24.3 Å². The molecule has 1 aliphatic heterocycles. The van der Waals surface area contributed by atoms with Gasteiger partial charge in [-0.05, 0) is 50.0 Å². The molecule has 0 aromatic heterocycles. The van der Waals surface area contributed by atoms with Crippen molar-refractivity contribution >= 4 is 0 Å². The number of hydrogen-bond donors (Lipinski definition) is 1. The molecule has 1 aromatic carbocycles. The maximum Gasteiger partial charge on any atom is 0.0233 e. The van der Waals surface area contributed by atoms with Crippen molar-refractivity contribution < 1.29 is 0 Å². The molecule has 0 amide bonds. The standard InChI is InChI=1S/C15H24N2/c1-2-9-16-12-14-5-7-15(8-6-14)13-17-10-3-4-11-17/h5-8,16H,2-4,9-13H2,1H3. The van der Waals surface area contributed by atoms with Crippen LogP contribution in [-0.2, 0) is 13.1 Å². The molecule has 0 spiro atoms. The summed E-state index contributed by atoms with van der Waals surface area (Å²) in [5, 5.41) is 3.43. The molecule has 17 heavy (non-hydrogen) atoms. The molecule has 2 heteroatoms. The number of hydrogen-bond acceptors (Lipinski definition) is 2. The highest BCUT2D eigenvalue weighted by Crippen LogP contribution is 2.13. The Balaban J connectivity index is 1.80. The third-order valence-electron chi connectivity index (χ3n) is 3.38. The lowest BCUT2D eigenvalue weighted by Gasteiger charge is -2.14. The van der Waals surface area contributed by atoms with E-state index in [2.05, 4.69) is 41.4 Å². The molecule has 0 saturated carbocycles. The molecule has 1 aliphatic rings. The van der Waals surface area contributed by atoms with Crippen LogP contribution < -0.4 is 5.32 Å². The Labute approximate surface area is 105 Å². The Bertz CT molecular complexity index is 312. The Morgan fingerprint density at radius 2 is 1.71 bits per heavy atom. The summed E-state index contributed by atoms with van der Waals surface area (Å²) in [6.45, 7) is 7.99. The molecular weight excluding hydrogens is 208 g/mol. The lowest BCUT2D eigenvalue weighted by atomic mass is 10.1. The monoisotopic (exact) mass is 232 g/mol. The van der Waals surface area contributed by atoms with Crippen molar-refractivity contribution in [2.75, 3.05) is 19.6 Å². The molecule has 1 saturated heterocycles. The van der Waals surface area contributed by atoms with Gasteiger partial charge >= 0.3 is 0 Å². The van der Waals surface area contributed by atoms with E-state index in [0.717, 1.165) is 19.6 Å². The van der Waals surface area contributed by atoms with Crippen LogP contribution in [0, 0.1) is 0 Å². The van der Waals surface area contributed by atoms with Crippen LogP contribution in [0.2, 0.25) is 0 Å². The fraction of sp³-hybridized carbons (Fsp3) is 0.600. The lowest BCUT2D eigenvalue weighted by molar-refractivity contribution is 0.331. The van der Waals surface area contributed by atoms with Crippen LogP contribution >= 0.6 is 0 Å². The molecule has 1 fully saturated rings. The molecule has 94 valence electrons. The summed E-state index contributed by atoms with van der Waals surface area (Å²) in [5.74, 6) is 0. The summed E-state index contributed by atoms with van der Waals surface area (Å²) < 4.78 is 0. The Kier molecular flexibility index (Phi) is 5.02. The van der Waals surface area contributed by atoms with Crippen molar-refractivity contribution in [2.24, 2.45) is 0 Å². The molecule has 1 N–H and O–H groups in total. The predicted molar refractivity (Wildman–Crippen MR) is 73.0 cm³/mol. The van der Waals surface area contributed by atoms with Crippen molar-refractivity contribution in [1.29, 1.82) is 0 Å². The highest BCUT2D eigenvalue weighted by atomic mass is 15.1. The van der Waals surface area contributed by atoms with Gasteiger partial charge in [-0.2, -0.15) is 0 Å². The van der Waals surface area contributed by atoms with Gasteiger partial charge in [-0.25, -0.2) is 0 Å². The van der Waals surface area contributed by atoms with E-state index >= 15 is 0 Å². The number of benzene rings is 1. The average molecular weight is 232 g/mol. The first-order valence-electron chi connectivity index (χ1n) is 6.89. The van der Waals surface area contributed by atoms with Crippen LogP contribution in [0.25, 0.3) is 0 Å². The van der Waals surface area contributed by atoms with Crippen LogP contribution in [0.4, 0.5) is 0 Å². The molecular formula is C15H24N2. The van der Waals surface area contributed by atoms with E-state index in [1.807, 2.05) is 0 Å². The summed E-state index contributed by atoms with van der Waals surface area (Å²) in [6, 6.07) is 9.07. The van der Waals surface area contributed by atoms with Crippen LogP contribution in [0.5, 0.6) is 0 Å². The first-order valence-corrected chi connectivity index (χ1v) is 6.89. The molecule has 0 unspecified atom stereocenters. The van der Waals surface area contributed by atoms with Gasteiger partial charge in [-0.15, -0.1) is 0 Å². The zero-order chi connectivity index (χ0) is 11.9. The average Bonchev–Trinajstić information content (AvgIpc) is 2.85. The van der Waals surface area contributed by atoms with Gasteiger partial charge < -0.3 is 5.32 Å². The molecule has 0 atom stereocenters. The third kappa shape index (κ3) is 4.14. The van der Waals surface area contributed by atoms with E-state index in [4.69, 9.17) is 0 Å². The van der Waals surface area contributed by atoms with Gasteiger partial charge in [0.1, 0.15) is 0 Å². The second-order valence-corrected chi connectivity index (χ2v) is 4.98. The highest BCUT2D eigenvalue weighted by Gasteiger charge is 2.11. The van der Waals surface area contributed by atoms with E-state index in [1.54, 1.807) is 0 Å². The SMILES string of the molecule is CCCNCc1ccc(CN2CCCC2)cc1. The predicted octanol–water partition coefficient (Wildman–Crippen LogP) is 2.78. The van der Waals surface area contributed by atoms with Crippen LogP contribution in [0.3, 0.4) is 0 Å². The zero-order valence-electron chi connectivity index (χ0n) is 10.9. The Morgan fingerprint density at radius 1 is 1.06 bits per heavy atom. The molecule has 1 heterocycles. The van der Waals surface area contributed by atoms with Gasteiger partial charge in [0.05, 0.1) is 0 Å². The smallest absolute Gasteiger partial charge is 0.0233 e. The summed E-state index contributed by atoms with van der Waals surface area (Å²) in [5.41, 5.74) is 2.84. The summed E-state index contributed by atoms with van der Waals surface area (Å²) >= 11 is 0. The maximum atomic E-state index is 3.43. The topological polar surface area (TPSA) is 15.3 Å². The van der Waals surface area contributed by atoms with Crippen molar-refractivity contribution in [3.8, 4) is 0 Å². The molecule has 1 aromatic rings. The fourth-order valence-corrected chi connectivity index (χ4v) is 2.37. The van der Waals surface area contributed by atoms with E-state index in [-0.39, 0.29) is 0 Å². The summed E-state index contributed by atoms with van der Waals surface area (Å²) in [6.07, 6.45) is 3.95. The Morgan fingerprint density at radius 3 is 2.35 bits per heavy atom. The quantitative estimate of drug-likeness (QED) is 0.759. The maximum absolute atomic E-state index is 3.43. The van der Waals surface area contributed by atoms with Crippen LogP contribution in [-0.4, -0.2) is 24.5 Å². The summed E-state index contributed by atoms with van der Waals surface area (Å²) in [7, 11) is 0. The highest BCUT2D eigenvalue weighted by molar-refractivity contribution is 5.22. The number of rotatable bonds is 6. The molecule has 2 rings (SSSR count). The van der Waals surface area contributed by atoms with E-state index in [1.165, 1.54) is 43.5 Å². The van der Waals surface area contributed by atoms with Crippen molar-refractivity contribution in [3.63, 3.8) is 0 Å².